The molecule has 0 aliphatic carbocycles. The number of hydrogen-bond acceptors (Lipinski definition) is 4. The molecule has 0 aliphatic rings. The maximum Gasteiger partial charge on any atom is 0.0187 e. The Morgan fingerprint density at radius 2 is 1.50 bits per heavy atom. The number of rotatable bonds is 4. The Kier molecular flexibility index (Phi) is 4.03. The highest BCUT2D eigenvalue weighted by Crippen LogP contribution is 2.18. The van der Waals surface area contributed by atoms with E-state index in [1.165, 1.54) is 0 Å². The third-order valence-electron chi connectivity index (χ3n) is 2.37. The van der Waals surface area contributed by atoms with Crippen molar-refractivity contribution in [3.8, 4) is 0 Å². The molecular formula is C10H17N4. The van der Waals surface area contributed by atoms with E-state index in [0.29, 0.717) is 26.2 Å². The zero-order chi connectivity index (χ0) is 10.6. The van der Waals surface area contributed by atoms with E-state index >= 15 is 0 Å². The van der Waals surface area contributed by atoms with Gasteiger partial charge in [0.1, 0.15) is 0 Å². The van der Waals surface area contributed by atoms with Gasteiger partial charge in [-0.05, 0) is 34.4 Å². The monoisotopic (exact) mass is 193 g/mol. The van der Waals surface area contributed by atoms with Gasteiger partial charge in [0.05, 0.1) is 0 Å². The van der Waals surface area contributed by atoms with Crippen LogP contribution in [0.5, 0.6) is 0 Å². The van der Waals surface area contributed by atoms with Crippen LogP contribution in [0, 0.1) is 6.07 Å². The Labute approximate surface area is 84.3 Å². The quantitative estimate of drug-likeness (QED) is 0.508. The molecule has 0 bridgehead atoms. The molecule has 1 aromatic rings. The molecular weight excluding hydrogens is 176 g/mol. The van der Waals surface area contributed by atoms with Gasteiger partial charge in [0.15, 0.2) is 0 Å². The van der Waals surface area contributed by atoms with Crippen molar-refractivity contribution in [1.29, 1.82) is 0 Å². The minimum absolute atomic E-state index is 0.434. The van der Waals surface area contributed by atoms with Crippen LogP contribution in [0.4, 0.5) is 0 Å². The van der Waals surface area contributed by atoms with E-state index in [1.54, 1.807) is 0 Å². The topological polar surface area (TPSA) is 104 Å². The summed E-state index contributed by atoms with van der Waals surface area (Å²) in [6.45, 7) is 1.77. The van der Waals surface area contributed by atoms with E-state index < -0.39 is 0 Å². The molecule has 0 aromatic heterocycles. The van der Waals surface area contributed by atoms with E-state index in [-0.39, 0.29) is 0 Å². The smallest absolute Gasteiger partial charge is 0.0187 e. The van der Waals surface area contributed by atoms with Crippen molar-refractivity contribution < 1.29 is 0 Å². The van der Waals surface area contributed by atoms with Gasteiger partial charge >= 0.3 is 0 Å². The van der Waals surface area contributed by atoms with E-state index in [0.717, 1.165) is 22.3 Å². The fourth-order valence-corrected chi connectivity index (χ4v) is 1.59. The predicted molar refractivity (Wildman–Crippen MR) is 56.8 cm³/mol. The molecule has 77 valence electrons. The average Bonchev–Trinajstić information content (AvgIpc) is 2.26. The molecule has 1 rings (SSSR count). The summed E-state index contributed by atoms with van der Waals surface area (Å²) in [6, 6.07) is 4.94. The molecule has 0 heterocycles. The average molecular weight is 193 g/mol. The minimum Gasteiger partial charge on any atom is -0.326 e. The number of hydrogen-bond donors (Lipinski definition) is 4. The zero-order valence-electron chi connectivity index (χ0n) is 8.22. The molecule has 4 nitrogen and oxygen atoms in total. The van der Waals surface area contributed by atoms with Crippen LogP contribution in [0.25, 0.3) is 0 Å². The highest BCUT2D eigenvalue weighted by Gasteiger charge is 2.09. The van der Waals surface area contributed by atoms with Gasteiger partial charge in [0.25, 0.3) is 0 Å². The Morgan fingerprint density at radius 1 is 0.857 bits per heavy atom. The normalized spacial score (nSPS) is 10.6. The van der Waals surface area contributed by atoms with Gasteiger partial charge in [-0.25, -0.2) is 0 Å². The summed E-state index contributed by atoms with van der Waals surface area (Å²) in [5, 5.41) is 0. The lowest BCUT2D eigenvalue weighted by Crippen LogP contribution is -2.15. The highest BCUT2D eigenvalue weighted by atomic mass is 14.6. The van der Waals surface area contributed by atoms with E-state index in [9.17, 15) is 0 Å². The molecule has 1 aromatic carbocycles. The fourth-order valence-electron chi connectivity index (χ4n) is 1.59. The van der Waals surface area contributed by atoms with E-state index in [2.05, 4.69) is 6.07 Å². The van der Waals surface area contributed by atoms with Crippen LogP contribution in [-0.2, 0) is 26.2 Å². The van der Waals surface area contributed by atoms with Crippen LogP contribution in [-0.4, -0.2) is 0 Å². The Bertz CT molecular complexity index is 278. The third-order valence-corrected chi connectivity index (χ3v) is 2.37. The molecule has 8 N–H and O–H groups in total. The SMILES string of the molecule is NCc1[c]cc(CN)c(CN)c1CN. The second kappa shape index (κ2) is 5.07. The Balaban J connectivity index is 3.28. The Morgan fingerprint density at radius 3 is 1.93 bits per heavy atom. The fraction of sp³-hybridized carbons (Fsp3) is 0.400. The summed E-state index contributed by atoms with van der Waals surface area (Å²) in [6.07, 6.45) is 0. The van der Waals surface area contributed by atoms with Gasteiger partial charge < -0.3 is 22.9 Å². The summed E-state index contributed by atoms with van der Waals surface area (Å²) in [7, 11) is 0. The summed E-state index contributed by atoms with van der Waals surface area (Å²) in [5.74, 6) is 0. The molecule has 0 spiro atoms. The van der Waals surface area contributed by atoms with Gasteiger partial charge in [-0.2, -0.15) is 0 Å². The van der Waals surface area contributed by atoms with Gasteiger partial charge in [0, 0.05) is 26.2 Å². The first kappa shape index (κ1) is 11.1. The second-order valence-corrected chi connectivity index (χ2v) is 3.07. The van der Waals surface area contributed by atoms with Crippen LogP contribution in [0.3, 0.4) is 0 Å². The molecule has 14 heavy (non-hydrogen) atoms. The van der Waals surface area contributed by atoms with Crippen molar-refractivity contribution in [2.45, 2.75) is 26.2 Å². The Hall–Kier alpha value is -0.940. The van der Waals surface area contributed by atoms with Crippen molar-refractivity contribution in [3.63, 3.8) is 0 Å². The molecule has 4 heteroatoms. The first-order chi connectivity index (χ1) is 6.78. The van der Waals surface area contributed by atoms with Crippen LogP contribution >= 0.6 is 0 Å². The number of nitrogens with two attached hydrogens (primary N) is 4. The summed E-state index contributed by atoms with van der Waals surface area (Å²) in [5.41, 5.74) is 26.5. The van der Waals surface area contributed by atoms with Crippen LogP contribution in [0.15, 0.2) is 6.07 Å². The summed E-state index contributed by atoms with van der Waals surface area (Å²) >= 11 is 0. The first-order valence-corrected chi connectivity index (χ1v) is 4.62. The van der Waals surface area contributed by atoms with Gasteiger partial charge in [-0.1, -0.05) is 0 Å². The predicted octanol–water partition coefficient (Wildman–Crippen LogP) is -0.678. The largest absolute Gasteiger partial charge is 0.326 e. The summed E-state index contributed by atoms with van der Waals surface area (Å²) in [4.78, 5) is 0. The van der Waals surface area contributed by atoms with Gasteiger partial charge in [0.2, 0.25) is 0 Å². The molecule has 0 fully saturated rings. The van der Waals surface area contributed by atoms with Gasteiger partial charge in [-0.15, -0.1) is 0 Å². The van der Waals surface area contributed by atoms with E-state index in [4.69, 9.17) is 22.9 Å². The lowest BCUT2D eigenvalue weighted by molar-refractivity contribution is 0.894. The third kappa shape index (κ3) is 1.93. The molecule has 0 atom stereocenters. The zero-order valence-corrected chi connectivity index (χ0v) is 8.22. The van der Waals surface area contributed by atoms with Crippen LogP contribution in [0.2, 0.25) is 0 Å². The summed E-state index contributed by atoms with van der Waals surface area (Å²) < 4.78 is 0. The molecule has 0 amide bonds. The number of benzene rings is 1. The van der Waals surface area contributed by atoms with Gasteiger partial charge in [-0.3, -0.25) is 0 Å². The van der Waals surface area contributed by atoms with Crippen molar-refractivity contribution in [2.75, 3.05) is 0 Å². The molecule has 0 unspecified atom stereocenters. The van der Waals surface area contributed by atoms with Crippen LogP contribution in [0.1, 0.15) is 22.3 Å². The molecule has 0 saturated carbocycles. The van der Waals surface area contributed by atoms with Crippen molar-refractivity contribution >= 4 is 0 Å². The van der Waals surface area contributed by atoms with E-state index in [1.807, 2.05) is 6.07 Å². The van der Waals surface area contributed by atoms with Crippen LogP contribution < -0.4 is 22.9 Å². The minimum atomic E-state index is 0.434. The standard InChI is InChI=1S/C10H17N4/c11-3-7-1-2-8(4-12)10(6-14)9(7)5-13/h1H,3-6,11-14H2. The maximum atomic E-state index is 5.66. The lowest BCUT2D eigenvalue weighted by atomic mass is 9.95. The van der Waals surface area contributed by atoms with Crippen molar-refractivity contribution in [3.05, 3.63) is 34.4 Å². The molecule has 0 aliphatic heterocycles. The molecule has 0 saturated heterocycles. The maximum absolute atomic E-state index is 5.66. The van der Waals surface area contributed by atoms with Crippen molar-refractivity contribution in [2.24, 2.45) is 22.9 Å². The van der Waals surface area contributed by atoms with Crippen molar-refractivity contribution in [1.82, 2.24) is 0 Å². The first-order valence-electron chi connectivity index (χ1n) is 4.62. The second-order valence-electron chi connectivity index (χ2n) is 3.07. The highest BCUT2D eigenvalue weighted by molar-refractivity contribution is 5.40. The molecule has 1 radical (unpaired) electrons. The lowest BCUT2D eigenvalue weighted by Gasteiger charge is -2.14.